The molecule has 0 N–H and O–H groups in total. The van der Waals surface area contributed by atoms with Crippen LogP contribution in [0.15, 0.2) is 47.6 Å². The highest BCUT2D eigenvalue weighted by Gasteiger charge is 2.30. The van der Waals surface area contributed by atoms with Crippen LogP contribution in [-0.2, 0) is 0 Å². The van der Waals surface area contributed by atoms with Gasteiger partial charge in [-0.25, -0.2) is 0 Å². The lowest BCUT2D eigenvalue weighted by Crippen LogP contribution is -2.16. The van der Waals surface area contributed by atoms with Gasteiger partial charge in [0.1, 0.15) is 5.75 Å². The second-order valence-corrected chi connectivity index (χ2v) is 6.23. The van der Waals surface area contributed by atoms with Crippen molar-refractivity contribution in [2.24, 2.45) is 0 Å². The number of benzene rings is 1. The van der Waals surface area contributed by atoms with Crippen molar-refractivity contribution in [3.63, 3.8) is 0 Å². The molecule has 0 atom stereocenters. The highest BCUT2D eigenvalue weighted by molar-refractivity contribution is 8.00. The molecule has 0 fully saturated rings. The number of ether oxygens (including phenoxy) is 1. The van der Waals surface area contributed by atoms with E-state index in [0.29, 0.717) is 5.25 Å². The minimum absolute atomic E-state index is 0.224. The average molecular weight is 313 g/mol. The average Bonchev–Trinajstić information content (AvgIpc) is 2.38. The predicted octanol–water partition coefficient (Wildman–Crippen LogP) is 5.15. The van der Waals surface area contributed by atoms with Crippen LogP contribution in [0.2, 0.25) is 0 Å². The van der Waals surface area contributed by atoms with Crippen molar-refractivity contribution in [2.75, 3.05) is 0 Å². The van der Waals surface area contributed by atoms with E-state index in [1.807, 2.05) is 6.07 Å². The van der Waals surface area contributed by atoms with Crippen LogP contribution in [0.1, 0.15) is 13.8 Å². The summed E-state index contributed by atoms with van der Waals surface area (Å²) in [6.07, 6.45) is -1.24. The quantitative estimate of drug-likeness (QED) is 0.729. The number of pyridine rings is 1. The third-order valence-corrected chi connectivity index (χ3v) is 3.60. The second-order valence-electron chi connectivity index (χ2n) is 4.61. The van der Waals surface area contributed by atoms with Crippen molar-refractivity contribution < 1.29 is 17.9 Å². The van der Waals surface area contributed by atoms with Gasteiger partial charge in [-0.2, -0.15) is 0 Å². The molecule has 0 bridgehead atoms. The number of thioether (sulfide) groups is 1. The van der Waals surface area contributed by atoms with Gasteiger partial charge in [0.25, 0.3) is 0 Å². The van der Waals surface area contributed by atoms with Gasteiger partial charge in [-0.1, -0.05) is 26.0 Å². The zero-order valence-electron chi connectivity index (χ0n) is 11.5. The fourth-order valence-corrected chi connectivity index (χ4v) is 2.74. The van der Waals surface area contributed by atoms with Crippen LogP contribution >= 0.6 is 11.8 Å². The molecule has 0 spiro atoms. The van der Waals surface area contributed by atoms with Crippen LogP contribution in [0.5, 0.6) is 5.75 Å². The molecule has 2 rings (SSSR count). The monoisotopic (exact) mass is 313 g/mol. The maximum absolute atomic E-state index is 12.1. The second kappa shape index (κ2) is 6.39. The molecule has 0 amide bonds. The minimum Gasteiger partial charge on any atom is -0.406 e. The topological polar surface area (TPSA) is 22.1 Å². The molecule has 0 saturated heterocycles. The van der Waals surface area contributed by atoms with Gasteiger partial charge in [0.15, 0.2) is 0 Å². The maximum atomic E-state index is 12.1. The molecule has 0 unspecified atom stereocenters. The predicted molar refractivity (Wildman–Crippen MR) is 77.3 cm³/mol. The van der Waals surface area contributed by atoms with Gasteiger partial charge >= 0.3 is 6.36 Å². The van der Waals surface area contributed by atoms with E-state index in [1.54, 1.807) is 36.3 Å². The van der Waals surface area contributed by atoms with E-state index < -0.39 is 6.36 Å². The summed E-state index contributed by atoms with van der Waals surface area (Å²) in [5, 5.41) is 0.390. The summed E-state index contributed by atoms with van der Waals surface area (Å²) in [4.78, 5) is 5.09. The minimum atomic E-state index is -4.67. The Balaban J connectivity index is 2.27. The third kappa shape index (κ3) is 4.67. The van der Waals surface area contributed by atoms with Gasteiger partial charge in [-0.05, 0) is 29.3 Å². The molecule has 2 nitrogen and oxygen atoms in total. The summed E-state index contributed by atoms with van der Waals surface area (Å²) in [5.74, 6) is -0.224. The number of alkyl halides is 3. The van der Waals surface area contributed by atoms with Crippen LogP contribution < -0.4 is 4.74 Å². The SMILES string of the molecule is CC(C)Sc1cnccc1-c1ccc(OC(F)(F)F)cc1. The highest BCUT2D eigenvalue weighted by Crippen LogP contribution is 2.34. The Morgan fingerprint density at radius 3 is 2.33 bits per heavy atom. The fourth-order valence-electron chi connectivity index (χ4n) is 1.80. The van der Waals surface area contributed by atoms with Gasteiger partial charge in [-0.15, -0.1) is 24.9 Å². The van der Waals surface area contributed by atoms with E-state index in [1.165, 1.54) is 12.1 Å². The van der Waals surface area contributed by atoms with Crippen LogP contribution in [0, 0.1) is 0 Å². The molecule has 0 aliphatic heterocycles. The van der Waals surface area contributed by atoms with Crippen molar-refractivity contribution in [2.45, 2.75) is 30.4 Å². The molecule has 0 radical (unpaired) electrons. The lowest BCUT2D eigenvalue weighted by Gasteiger charge is -2.12. The molecule has 0 aliphatic rings. The van der Waals surface area contributed by atoms with E-state index in [-0.39, 0.29) is 5.75 Å². The van der Waals surface area contributed by atoms with Crippen molar-refractivity contribution >= 4 is 11.8 Å². The lowest BCUT2D eigenvalue weighted by atomic mass is 10.1. The van der Waals surface area contributed by atoms with Gasteiger partial charge in [0.2, 0.25) is 0 Å². The number of hydrogen-bond donors (Lipinski definition) is 0. The first-order chi connectivity index (χ1) is 9.85. The van der Waals surface area contributed by atoms with E-state index in [4.69, 9.17) is 0 Å². The van der Waals surface area contributed by atoms with Crippen LogP contribution in [0.3, 0.4) is 0 Å². The first-order valence-corrected chi connectivity index (χ1v) is 7.20. The summed E-state index contributed by atoms with van der Waals surface area (Å²) in [5.41, 5.74) is 1.78. The zero-order valence-corrected chi connectivity index (χ0v) is 12.3. The van der Waals surface area contributed by atoms with Gasteiger partial charge in [0.05, 0.1) is 0 Å². The zero-order chi connectivity index (χ0) is 15.5. The first kappa shape index (κ1) is 15.7. The molecule has 2 aromatic rings. The standard InChI is InChI=1S/C15H14F3NOS/c1-10(2)21-14-9-19-8-7-13(14)11-3-5-12(6-4-11)20-15(16,17)18/h3-10H,1-2H3. The Bertz CT molecular complexity index is 597. The maximum Gasteiger partial charge on any atom is 0.573 e. The van der Waals surface area contributed by atoms with E-state index in [9.17, 15) is 13.2 Å². The van der Waals surface area contributed by atoms with Crippen molar-refractivity contribution in [1.82, 2.24) is 4.98 Å². The Kier molecular flexibility index (Phi) is 4.77. The van der Waals surface area contributed by atoms with Crippen molar-refractivity contribution in [3.8, 4) is 16.9 Å². The van der Waals surface area contributed by atoms with Crippen molar-refractivity contribution in [3.05, 3.63) is 42.7 Å². The molecular formula is C15H14F3NOS. The summed E-state index contributed by atoms with van der Waals surface area (Å²) < 4.78 is 40.3. The van der Waals surface area contributed by atoms with Gasteiger partial charge in [-0.3, -0.25) is 4.98 Å². The molecule has 6 heteroatoms. The van der Waals surface area contributed by atoms with Crippen molar-refractivity contribution in [1.29, 1.82) is 0 Å². The normalized spacial score (nSPS) is 11.7. The van der Waals surface area contributed by atoms with Crippen LogP contribution in [0.25, 0.3) is 11.1 Å². The molecule has 1 aromatic heterocycles. The first-order valence-electron chi connectivity index (χ1n) is 6.32. The third-order valence-electron chi connectivity index (χ3n) is 2.55. The molecule has 1 aromatic carbocycles. The Labute approximate surface area is 125 Å². The summed E-state index contributed by atoms with van der Waals surface area (Å²) in [6, 6.07) is 7.70. The van der Waals surface area contributed by atoms with E-state index in [0.717, 1.165) is 16.0 Å². The van der Waals surface area contributed by atoms with Crippen LogP contribution in [-0.4, -0.2) is 16.6 Å². The number of nitrogens with zero attached hydrogens (tertiary/aromatic N) is 1. The molecule has 1 heterocycles. The number of rotatable bonds is 4. The molecular weight excluding hydrogens is 299 g/mol. The number of aromatic nitrogens is 1. The summed E-state index contributed by atoms with van der Waals surface area (Å²) in [7, 11) is 0. The van der Waals surface area contributed by atoms with E-state index in [2.05, 4.69) is 23.6 Å². The molecule has 21 heavy (non-hydrogen) atoms. The molecule has 112 valence electrons. The molecule has 0 saturated carbocycles. The summed E-state index contributed by atoms with van der Waals surface area (Å²) in [6.45, 7) is 4.14. The largest absolute Gasteiger partial charge is 0.573 e. The Morgan fingerprint density at radius 1 is 1.10 bits per heavy atom. The van der Waals surface area contributed by atoms with Gasteiger partial charge < -0.3 is 4.74 Å². The fraction of sp³-hybridized carbons (Fsp3) is 0.267. The number of hydrogen-bond acceptors (Lipinski definition) is 3. The summed E-state index contributed by atoms with van der Waals surface area (Å²) >= 11 is 1.66. The Hall–Kier alpha value is -1.69. The number of halogens is 3. The lowest BCUT2D eigenvalue weighted by molar-refractivity contribution is -0.274. The van der Waals surface area contributed by atoms with Crippen LogP contribution in [0.4, 0.5) is 13.2 Å². The highest BCUT2D eigenvalue weighted by atomic mass is 32.2. The van der Waals surface area contributed by atoms with E-state index >= 15 is 0 Å². The smallest absolute Gasteiger partial charge is 0.406 e. The molecule has 0 aliphatic carbocycles. The Morgan fingerprint density at radius 2 is 1.76 bits per heavy atom. The van der Waals surface area contributed by atoms with Gasteiger partial charge in [0, 0.05) is 22.5 Å².